The number of hydrogen-bond donors (Lipinski definition) is 0. The van der Waals surface area contributed by atoms with Crippen molar-refractivity contribution in [3.63, 3.8) is 0 Å². The highest BCUT2D eigenvalue weighted by atomic mass is 16.3. The first-order chi connectivity index (χ1) is 7.36. The largest absolute Gasteiger partial charge is 0.467 e. The van der Waals surface area contributed by atoms with Crippen LogP contribution in [0.15, 0.2) is 27.9 Å². The summed E-state index contributed by atoms with van der Waals surface area (Å²) < 4.78 is 5.52. The Bertz CT molecular complexity index is 369. The lowest BCUT2D eigenvalue weighted by Crippen LogP contribution is -2.24. The summed E-state index contributed by atoms with van der Waals surface area (Å²) in [5.41, 5.74) is 1.38. The van der Waals surface area contributed by atoms with E-state index in [1.54, 1.807) is 6.26 Å². The van der Waals surface area contributed by atoms with Gasteiger partial charge in [-0.1, -0.05) is 6.42 Å². The normalized spacial score (nSPS) is 30.2. The highest BCUT2D eigenvalue weighted by molar-refractivity contribution is 5.89. The van der Waals surface area contributed by atoms with Gasteiger partial charge in [0.15, 0.2) is 0 Å². The van der Waals surface area contributed by atoms with Gasteiger partial charge in [-0.25, -0.2) is 0 Å². The van der Waals surface area contributed by atoms with Gasteiger partial charge >= 0.3 is 0 Å². The van der Waals surface area contributed by atoms with Gasteiger partial charge in [0, 0.05) is 18.7 Å². The van der Waals surface area contributed by atoms with Crippen LogP contribution in [0.1, 0.15) is 37.5 Å². The van der Waals surface area contributed by atoms with Gasteiger partial charge in [0.05, 0.1) is 6.26 Å². The van der Waals surface area contributed by atoms with Crippen LogP contribution in [-0.2, 0) is 0 Å². The molecular formula is C12H16N2O. The quantitative estimate of drug-likeness (QED) is 0.703. The van der Waals surface area contributed by atoms with Crippen molar-refractivity contribution < 1.29 is 4.42 Å². The first-order valence-corrected chi connectivity index (χ1v) is 5.70. The minimum Gasteiger partial charge on any atom is -0.467 e. The third-order valence-corrected chi connectivity index (χ3v) is 3.53. The molecule has 1 aliphatic carbocycles. The molecule has 3 rings (SSSR count). The summed E-state index contributed by atoms with van der Waals surface area (Å²) in [4.78, 5) is 0. The molecule has 0 saturated heterocycles. The second-order valence-corrected chi connectivity index (χ2v) is 4.48. The third-order valence-electron chi connectivity index (χ3n) is 3.53. The molecule has 3 heteroatoms. The molecule has 1 saturated carbocycles. The molecule has 2 aliphatic rings. The molecule has 1 aliphatic heterocycles. The lowest BCUT2D eigenvalue weighted by atomic mass is 9.82. The minimum absolute atomic E-state index is 0.343. The van der Waals surface area contributed by atoms with Crippen molar-refractivity contribution in [2.75, 3.05) is 7.05 Å². The fourth-order valence-electron chi connectivity index (χ4n) is 2.85. The van der Waals surface area contributed by atoms with E-state index in [-0.39, 0.29) is 0 Å². The Morgan fingerprint density at radius 3 is 3.20 bits per heavy atom. The third kappa shape index (κ3) is 1.37. The number of fused-ring (bicyclic) bond motifs is 1. The van der Waals surface area contributed by atoms with E-state index in [0.717, 1.165) is 5.76 Å². The van der Waals surface area contributed by atoms with E-state index in [9.17, 15) is 0 Å². The molecule has 80 valence electrons. The van der Waals surface area contributed by atoms with Crippen molar-refractivity contribution in [1.82, 2.24) is 5.01 Å². The van der Waals surface area contributed by atoms with Crippen LogP contribution >= 0.6 is 0 Å². The van der Waals surface area contributed by atoms with Crippen molar-refractivity contribution >= 4 is 5.71 Å². The molecule has 1 fully saturated rings. The lowest BCUT2D eigenvalue weighted by molar-refractivity contribution is 0.208. The van der Waals surface area contributed by atoms with Gasteiger partial charge in [0.2, 0.25) is 0 Å². The first-order valence-electron chi connectivity index (χ1n) is 5.70. The van der Waals surface area contributed by atoms with Gasteiger partial charge < -0.3 is 4.42 Å². The first kappa shape index (κ1) is 9.01. The lowest BCUT2D eigenvalue weighted by Gasteiger charge is -2.25. The van der Waals surface area contributed by atoms with Crippen LogP contribution in [0.5, 0.6) is 0 Å². The highest BCUT2D eigenvalue weighted by Gasteiger charge is 2.38. The van der Waals surface area contributed by atoms with Gasteiger partial charge in [-0.05, 0) is 31.4 Å². The fourth-order valence-corrected chi connectivity index (χ4v) is 2.85. The number of hydrazone groups is 1. The van der Waals surface area contributed by atoms with Crippen molar-refractivity contribution in [1.29, 1.82) is 0 Å². The summed E-state index contributed by atoms with van der Waals surface area (Å²) in [6.07, 6.45) is 6.81. The SMILES string of the molecule is CN1N=C2CCCCC2C1c1ccco1. The van der Waals surface area contributed by atoms with E-state index in [0.29, 0.717) is 12.0 Å². The van der Waals surface area contributed by atoms with Crippen LogP contribution < -0.4 is 0 Å². The van der Waals surface area contributed by atoms with Crippen molar-refractivity contribution in [2.24, 2.45) is 11.0 Å². The Labute approximate surface area is 89.8 Å². The Kier molecular flexibility index (Phi) is 2.04. The van der Waals surface area contributed by atoms with E-state index in [2.05, 4.69) is 23.2 Å². The second-order valence-electron chi connectivity index (χ2n) is 4.48. The Balaban J connectivity index is 1.91. The van der Waals surface area contributed by atoms with E-state index < -0.39 is 0 Å². The molecule has 1 aromatic rings. The molecule has 0 aromatic carbocycles. The summed E-state index contributed by atoms with van der Waals surface area (Å²) in [6, 6.07) is 4.37. The van der Waals surface area contributed by atoms with Gasteiger partial charge in [-0.2, -0.15) is 5.10 Å². The van der Waals surface area contributed by atoms with Gasteiger partial charge in [-0.3, -0.25) is 5.01 Å². The zero-order valence-corrected chi connectivity index (χ0v) is 9.02. The number of rotatable bonds is 1. The van der Waals surface area contributed by atoms with Crippen LogP contribution in [0.2, 0.25) is 0 Å². The summed E-state index contributed by atoms with van der Waals surface area (Å²) in [5, 5.41) is 6.71. The topological polar surface area (TPSA) is 28.7 Å². The maximum atomic E-state index is 5.52. The minimum atomic E-state index is 0.343. The molecule has 0 N–H and O–H groups in total. The molecule has 0 bridgehead atoms. The predicted molar refractivity (Wildman–Crippen MR) is 58.6 cm³/mol. The van der Waals surface area contributed by atoms with Crippen molar-refractivity contribution in [3.05, 3.63) is 24.2 Å². The number of nitrogens with zero attached hydrogens (tertiary/aromatic N) is 2. The van der Waals surface area contributed by atoms with E-state index >= 15 is 0 Å². The van der Waals surface area contributed by atoms with Crippen LogP contribution in [0.25, 0.3) is 0 Å². The molecule has 15 heavy (non-hydrogen) atoms. The van der Waals surface area contributed by atoms with E-state index in [1.807, 2.05) is 6.07 Å². The fraction of sp³-hybridized carbons (Fsp3) is 0.583. The average Bonchev–Trinajstić information content (AvgIpc) is 2.82. The zero-order valence-electron chi connectivity index (χ0n) is 9.02. The Hall–Kier alpha value is -1.25. The molecule has 0 spiro atoms. The predicted octanol–water partition coefficient (Wildman–Crippen LogP) is 2.81. The standard InChI is InChI=1S/C12H16N2O/c1-14-12(11-7-4-8-15-11)9-5-2-3-6-10(9)13-14/h4,7-9,12H,2-3,5-6H2,1H3. The molecule has 1 aromatic heterocycles. The summed E-state index contributed by atoms with van der Waals surface area (Å²) in [6.45, 7) is 0. The molecule has 3 nitrogen and oxygen atoms in total. The molecule has 0 amide bonds. The van der Waals surface area contributed by atoms with Gasteiger partial charge in [-0.15, -0.1) is 0 Å². The Morgan fingerprint density at radius 2 is 2.40 bits per heavy atom. The van der Waals surface area contributed by atoms with Crippen LogP contribution in [0.3, 0.4) is 0 Å². The van der Waals surface area contributed by atoms with Gasteiger partial charge in [0.25, 0.3) is 0 Å². The van der Waals surface area contributed by atoms with E-state index in [4.69, 9.17) is 4.42 Å². The maximum absolute atomic E-state index is 5.52. The summed E-state index contributed by atoms with van der Waals surface area (Å²) in [5.74, 6) is 1.65. The maximum Gasteiger partial charge on any atom is 0.128 e. The van der Waals surface area contributed by atoms with Crippen molar-refractivity contribution in [3.8, 4) is 0 Å². The summed E-state index contributed by atoms with van der Waals surface area (Å²) >= 11 is 0. The van der Waals surface area contributed by atoms with Crippen LogP contribution in [-0.4, -0.2) is 17.8 Å². The molecule has 0 radical (unpaired) electrons. The number of furan rings is 1. The van der Waals surface area contributed by atoms with Crippen molar-refractivity contribution in [2.45, 2.75) is 31.7 Å². The zero-order chi connectivity index (χ0) is 10.3. The van der Waals surface area contributed by atoms with Crippen LogP contribution in [0, 0.1) is 5.92 Å². The monoisotopic (exact) mass is 204 g/mol. The molecule has 2 unspecified atom stereocenters. The Morgan fingerprint density at radius 1 is 1.47 bits per heavy atom. The summed E-state index contributed by atoms with van der Waals surface area (Å²) in [7, 11) is 2.05. The van der Waals surface area contributed by atoms with E-state index in [1.165, 1.54) is 31.4 Å². The van der Waals surface area contributed by atoms with Crippen LogP contribution in [0.4, 0.5) is 0 Å². The second kappa shape index (κ2) is 3.40. The smallest absolute Gasteiger partial charge is 0.128 e. The number of hydrogen-bond acceptors (Lipinski definition) is 3. The molecule has 2 atom stereocenters. The average molecular weight is 204 g/mol. The highest BCUT2D eigenvalue weighted by Crippen LogP contribution is 2.41. The molecular weight excluding hydrogens is 188 g/mol. The molecule has 2 heterocycles. The van der Waals surface area contributed by atoms with Gasteiger partial charge in [0.1, 0.15) is 11.8 Å².